The predicted octanol–water partition coefficient (Wildman–Crippen LogP) is -15.9. The number of carboxylic acids is 12. The van der Waals surface area contributed by atoms with Crippen molar-refractivity contribution in [1.29, 1.82) is 0 Å². The molecule has 50 heteroatoms. The molecule has 0 saturated heterocycles. The first-order valence-corrected chi connectivity index (χ1v) is 38.1. The number of nitrogens with one attached hydrogen (secondary N) is 4. The molecule has 8 radical (unpaired) electrons. The number of aliphatic hydroxyl groups is 4. The summed E-state index contributed by atoms with van der Waals surface area (Å²) in [6.45, 7) is 50.8. The van der Waals surface area contributed by atoms with Crippen LogP contribution >= 0.6 is 0 Å². The second-order valence-electron chi connectivity index (χ2n) is 39.8. The van der Waals surface area contributed by atoms with E-state index in [0.29, 0.717) is 12.8 Å². The van der Waals surface area contributed by atoms with Gasteiger partial charge in [0.15, 0.2) is 0 Å². The van der Waals surface area contributed by atoms with Gasteiger partial charge < -0.3 is 212 Å². The summed E-state index contributed by atoms with van der Waals surface area (Å²) in [4.78, 5) is 119. The maximum atomic E-state index is 10.8. The van der Waals surface area contributed by atoms with Gasteiger partial charge in [0.05, 0.1) is 26.4 Å². The average Bonchev–Trinajstić information content (AvgIpc) is 0.883. The molecule has 132 heavy (non-hydrogen) atoms. The summed E-state index contributed by atoms with van der Waals surface area (Å²) in [6, 6.07) is 0. The molecule has 0 heterocycles. The summed E-state index contributed by atoms with van der Waals surface area (Å²) in [5.74, 6) is -12.1. The Morgan fingerprint density at radius 2 is 0.242 bits per heavy atom. The minimum Gasteiger partial charge on any atom is -2.00 e. The van der Waals surface area contributed by atoms with E-state index in [4.69, 9.17) is 20.4 Å². The fraction of sp³-hybridized carbons (Fsp3) is 0.854. The molecule has 0 saturated carbocycles. The van der Waals surface area contributed by atoms with Gasteiger partial charge in [-0.25, -0.2) is 0 Å². The van der Waals surface area contributed by atoms with Gasteiger partial charge in [0.1, 0.15) is 0 Å². The van der Waals surface area contributed by atoms with Gasteiger partial charge in [0.25, 0.3) is 0 Å². The van der Waals surface area contributed by atoms with Crippen LogP contribution in [0.15, 0.2) is 0 Å². The fourth-order valence-corrected chi connectivity index (χ4v) is 2.75. The summed E-state index contributed by atoms with van der Waals surface area (Å²) in [6.07, 6.45) is 0.896. The van der Waals surface area contributed by atoms with Crippen LogP contribution < -0.4 is 123 Å². The number of hydrogen-bond donors (Lipinski definition) is 8. The second-order valence-corrected chi connectivity index (χ2v) is 39.8. The molecule has 0 aromatic carbocycles. The molecule has 788 valence electrons. The third kappa shape index (κ3) is 131. The molecule has 0 aliphatic carbocycles. The molecular weight excluding hydrogens is 2300 g/mol. The van der Waals surface area contributed by atoms with Gasteiger partial charge >= 0.3 is 182 Å². The summed E-state index contributed by atoms with van der Waals surface area (Å²) < 4.78 is 0. The van der Waals surface area contributed by atoms with Gasteiger partial charge in [0, 0.05) is 159 Å². The van der Waals surface area contributed by atoms with Gasteiger partial charge in [-0.2, -0.15) is 0 Å². The Balaban J connectivity index is -0.0000000439. The molecule has 0 atom stereocenters. The van der Waals surface area contributed by atoms with Gasteiger partial charge in [-0.3, -0.25) is 0 Å². The van der Waals surface area contributed by atoms with Crippen LogP contribution in [0.25, 0.3) is 0 Å². The summed E-state index contributed by atoms with van der Waals surface area (Å²) in [7, 11) is 0. The maximum Gasteiger partial charge on any atom is 5.00 e. The van der Waals surface area contributed by atoms with Crippen molar-refractivity contribution in [3.05, 3.63) is 0 Å². The van der Waals surface area contributed by atoms with Gasteiger partial charge in [0.2, 0.25) is 0 Å². The van der Waals surface area contributed by atoms with E-state index in [9.17, 15) is 160 Å². The molecule has 0 spiro atoms. The standard InChI is InChI=1S/2C11H22N2O6.12C5H10O2.6Fe.2Gd.2O/c2*14-4-10(5-15,6-16)12-2-1-3-13-11(7-17,8-18)9-19;12*1-5(2,3)4(6)7;;;;;;;;;;/h2*12-14,17H,1-9H2;12*1-3H3,(H,6,7);;;;;;;;;;/q2*-4;;;;;;;;;;;;;4*+3;2*+5;2*+3;2*-2/p-12. The largest absolute Gasteiger partial charge is 5.00 e. The Labute approximate surface area is 911 Å². The van der Waals surface area contributed by atoms with Crippen molar-refractivity contribution in [3.63, 3.8) is 0 Å². The van der Waals surface area contributed by atoms with Crippen LogP contribution in [-0.4, -0.2) is 220 Å². The molecule has 0 aromatic rings. The van der Waals surface area contributed by atoms with Crippen molar-refractivity contribution < 1.29 is 373 Å². The van der Waals surface area contributed by atoms with E-state index in [2.05, 4.69) is 21.3 Å². The Bertz CT molecular complexity index is 2230. The first-order valence-electron chi connectivity index (χ1n) is 38.1. The van der Waals surface area contributed by atoms with E-state index in [0.717, 1.165) is 0 Å². The Morgan fingerprint density at radius 3 is 0.273 bits per heavy atom. The third-order valence-corrected chi connectivity index (χ3v) is 13.5. The average molecular weight is 2450 g/mol. The first kappa shape index (κ1) is 193. The number of hydrogen-bond acceptors (Lipinski definition) is 40. The van der Waals surface area contributed by atoms with Crippen molar-refractivity contribution in [2.24, 2.45) is 65.0 Å². The molecule has 0 aromatic heterocycles. The third-order valence-electron chi connectivity index (χ3n) is 13.5. The van der Waals surface area contributed by atoms with Crippen molar-refractivity contribution in [2.75, 3.05) is 105 Å². The normalized spacial score (nSPS) is 10.9. The van der Waals surface area contributed by atoms with E-state index in [1.54, 1.807) is 249 Å². The van der Waals surface area contributed by atoms with E-state index in [1.807, 2.05) is 0 Å². The number of aliphatic carboxylic acids is 12. The molecule has 0 fully saturated rings. The monoisotopic (exact) mass is 2450 g/mol. The Hall–Kier alpha value is -1.31. The molecule has 0 bridgehead atoms. The SMILES string of the molecule is CC(C)(C)C(=O)[O-].CC(C)(C)C(=O)[O-].CC(C)(C)C(=O)[O-].CC(C)(C)C(=O)[O-].CC(C)(C)C(=O)[O-].CC(C)(C)C(=O)[O-].CC(C)(C)C(=O)[O-].CC(C)(C)C(=O)[O-].CC(C)(C)C(=O)[O-].CC(C)(C)C(=O)[O-].CC(C)(C)C(=O)[O-].CC(C)(C)C(=O)[O-].[Fe+3].[Fe+3].[Fe+3].[Fe+3].[Fe+5].[Fe+5].[Gd+3].[Gd+3].[O-2].[O-2].[O-]CC(C[O-])(CO)NCCCNC(C[O-])(C[O-])CO.[O-]CC(C[O-])(CO)NCCCNC(C[O-])(C[O-])CO. The summed E-state index contributed by atoms with van der Waals surface area (Å²) in [5, 5.41) is 252. The molecule has 0 unspecified atom stereocenters. The minimum absolute atomic E-state index is 0. The molecule has 42 nitrogen and oxygen atoms in total. The van der Waals surface area contributed by atoms with E-state index >= 15 is 0 Å². The Kier molecular flexibility index (Phi) is 135. The van der Waals surface area contributed by atoms with Crippen LogP contribution in [-0.2, 0) is 171 Å². The zero-order chi connectivity index (χ0) is 102. The van der Waals surface area contributed by atoms with Gasteiger partial charge in [-0.05, 0) is 39.0 Å². The zero-order valence-electron chi connectivity index (χ0n) is 83.2. The molecule has 8 N–H and O–H groups in total. The van der Waals surface area contributed by atoms with Crippen LogP contribution in [0.1, 0.15) is 262 Å². The van der Waals surface area contributed by atoms with Gasteiger partial charge in [-0.1, -0.05) is 249 Å². The van der Waals surface area contributed by atoms with Crippen LogP contribution in [0.2, 0.25) is 0 Å². The van der Waals surface area contributed by atoms with Crippen molar-refractivity contribution in [1.82, 2.24) is 21.3 Å². The molecule has 0 aliphatic heterocycles. The topological polar surface area (TPSA) is 852 Å². The van der Waals surface area contributed by atoms with E-state index < -0.39 is 238 Å². The molecule has 0 amide bonds. The predicted molar refractivity (Wildman–Crippen MR) is 414 cm³/mol. The van der Waals surface area contributed by atoms with Crippen LogP contribution in [0.3, 0.4) is 0 Å². The number of carbonyl (C=O) groups is 12. The Morgan fingerprint density at radius 1 is 0.189 bits per heavy atom. The summed E-state index contributed by atoms with van der Waals surface area (Å²) in [5.41, 5.74) is -13.8. The molecule has 0 aliphatic rings. The van der Waals surface area contributed by atoms with Crippen molar-refractivity contribution >= 4 is 71.6 Å². The number of carbonyl (C=O) groups excluding carboxylic acids is 12. The number of rotatable bonds is 24. The number of carboxylic acid groups (broad SMARTS) is 12. The quantitative estimate of drug-likeness (QED) is 0.0329. The van der Waals surface area contributed by atoms with E-state index in [1.165, 1.54) is 0 Å². The smallest absolute Gasteiger partial charge is 2.00 e. The molecule has 0 rings (SSSR count). The van der Waals surface area contributed by atoms with Crippen LogP contribution in [0, 0.1) is 145 Å². The maximum absolute atomic E-state index is 10.8. The first-order chi connectivity index (χ1) is 53.5. The second kappa shape index (κ2) is 92.1. The number of aliphatic hydroxyl groups excluding tert-OH is 4. The fourth-order valence-electron chi connectivity index (χ4n) is 2.75. The van der Waals surface area contributed by atoms with Crippen molar-refractivity contribution in [3.8, 4) is 0 Å². The van der Waals surface area contributed by atoms with E-state index in [-0.39, 0.29) is 219 Å². The van der Waals surface area contributed by atoms with Crippen molar-refractivity contribution in [2.45, 2.75) is 284 Å². The van der Waals surface area contributed by atoms with Crippen LogP contribution in [0.5, 0.6) is 0 Å². The van der Waals surface area contributed by atoms with Gasteiger partial charge in [-0.15, -0.1) is 52.9 Å². The summed E-state index contributed by atoms with van der Waals surface area (Å²) >= 11 is 0. The minimum atomic E-state index is -1.36. The van der Waals surface area contributed by atoms with Crippen LogP contribution in [0.4, 0.5) is 0 Å². The molecular formula is C82H152Fe6Gd2N4O38+4. The zero-order valence-corrected chi connectivity index (χ0v) is 94.4.